The summed E-state index contributed by atoms with van der Waals surface area (Å²) in [5.74, 6) is 0.279. The van der Waals surface area contributed by atoms with Gasteiger partial charge < -0.3 is 23.9 Å². The maximum absolute atomic E-state index is 13.3. The highest BCUT2D eigenvalue weighted by atomic mass is 19.3. The molecule has 0 spiro atoms. The molecule has 1 aliphatic heterocycles. The predicted molar refractivity (Wildman–Crippen MR) is 136 cm³/mol. The highest BCUT2D eigenvalue weighted by Crippen LogP contribution is 2.40. The zero-order chi connectivity index (χ0) is 26.8. The molecule has 1 saturated carbocycles. The lowest BCUT2D eigenvalue weighted by molar-refractivity contribution is -0.0502. The van der Waals surface area contributed by atoms with Crippen molar-refractivity contribution in [2.45, 2.75) is 45.0 Å². The number of methoxy groups -OCH3 is 1. The Labute approximate surface area is 218 Å². The van der Waals surface area contributed by atoms with E-state index in [0.29, 0.717) is 35.0 Å². The molecule has 38 heavy (non-hydrogen) atoms. The van der Waals surface area contributed by atoms with Crippen molar-refractivity contribution in [3.63, 3.8) is 0 Å². The van der Waals surface area contributed by atoms with Crippen LogP contribution in [0.15, 0.2) is 41.0 Å². The van der Waals surface area contributed by atoms with Crippen LogP contribution in [0.4, 0.5) is 13.2 Å². The number of nitrogens with zero attached hydrogens (tertiary/aromatic N) is 1. The average Bonchev–Trinajstić information content (AvgIpc) is 3.40. The number of halogens is 3. The molecule has 3 aromatic rings. The molecule has 1 aliphatic carbocycles. The number of nitrogens with one attached hydrogen (secondary N) is 1. The number of alkyl halides is 3. The van der Waals surface area contributed by atoms with Gasteiger partial charge in [-0.05, 0) is 55.1 Å². The van der Waals surface area contributed by atoms with Gasteiger partial charge in [0.25, 0.3) is 5.91 Å². The first-order valence-electron chi connectivity index (χ1n) is 12.8. The minimum absolute atomic E-state index is 0.0213. The summed E-state index contributed by atoms with van der Waals surface area (Å²) in [4.78, 5) is 15.2. The van der Waals surface area contributed by atoms with E-state index in [2.05, 4.69) is 21.9 Å². The molecular weight excluding hydrogens is 501 g/mol. The van der Waals surface area contributed by atoms with Crippen LogP contribution >= 0.6 is 0 Å². The first-order valence-corrected chi connectivity index (χ1v) is 12.8. The van der Waals surface area contributed by atoms with Crippen molar-refractivity contribution in [2.24, 2.45) is 5.92 Å². The molecule has 1 N–H and O–H groups in total. The molecule has 7 nitrogen and oxygen atoms in total. The molecule has 1 amide bonds. The Morgan fingerprint density at radius 1 is 1.24 bits per heavy atom. The minimum Gasteiger partial charge on any atom is -0.496 e. The van der Waals surface area contributed by atoms with Gasteiger partial charge in [0.1, 0.15) is 41.2 Å². The van der Waals surface area contributed by atoms with Gasteiger partial charge in [-0.25, -0.2) is 4.39 Å². The van der Waals surface area contributed by atoms with Gasteiger partial charge >= 0.3 is 6.61 Å². The second-order valence-electron chi connectivity index (χ2n) is 9.97. The number of likely N-dealkylation sites (tertiary alicyclic amines) is 1. The van der Waals surface area contributed by atoms with Gasteiger partial charge in [0.15, 0.2) is 0 Å². The minimum atomic E-state index is -3.18. The third kappa shape index (κ3) is 5.85. The summed E-state index contributed by atoms with van der Waals surface area (Å²) in [5.41, 5.74) is 1.39. The van der Waals surface area contributed by atoms with Crippen molar-refractivity contribution in [1.82, 2.24) is 10.2 Å². The van der Waals surface area contributed by atoms with Crippen LogP contribution in [0.3, 0.4) is 0 Å². The van der Waals surface area contributed by atoms with Crippen molar-refractivity contribution in [3.05, 3.63) is 42.2 Å². The molecular formula is C28H31F3N2O5. The third-order valence-corrected chi connectivity index (χ3v) is 7.03. The van der Waals surface area contributed by atoms with Crippen LogP contribution in [0, 0.1) is 5.92 Å². The smallest absolute Gasteiger partial charge is 0.387 e. The van der Waals surface area contributed by atoms with E-state index < -0.39 is 24.7 Å². The molecule has 5 rings (SSSR count). The average molecular weight is 533 g/mol. The van der Waals surface area contributed by atoms with Crippen LogP contribution in [-0.2, 0) is 0 Å². The fourth-order valence-corrected chi connectivity index (χ4v) is 4.98. The summed E-state index contributed by atoms with van der Waals surface area (Å²) >= 11 is 0. The number of benzene rings is 2. The van der Waals surface area contributed by atoms with E-state index in [1.807, 2.05) is 12.1 Å². The van der Waals surface area contributed by atoms with Crippen LogP contribution < -0.4 is 19.5 Å². The van der Waals surface area contributed by atoms with Crippen LogP contribution in [-0.4, -0.2) is 63.0 Å². The number of carbonyl (C=O) groups is 1. The fourth-order valence-electron chi connectivity index (χ4n) is 4.98. The fraction of sp³-hybridized carbons (Fsp3) is 0.464. The zero-order valence-corrected chi connectivity index (χ0v) is 21.3. The normalized spacial score (nSPS) is 21.5. The number of ether oxygens (including phenoxy) is 3. The van der Waals surface area contributed by atoms with Gasteiger partial charge in [-0.1, -0.05) is 6.92 Å². The Morgan fingerprint density at radius 3 is 2.74 bits per heavy atom. The maximum atomic E-state index is 13.3. The number of hydrogen-bond acceptors (Lipinski definition) is 6. The van der Waals surface area contributed by atoms with Gasteiger partial charge in [0, 0.05) is 36.5 Å². The number of hydrogen-bond donors (Lipinski definition) is 1. The summed E-state index contributed by atoms with van der Waals surface area (Å²) in [7, 11) is 1.32. The standard InChI is InChI=1S/C28H31F3N2O5/c1-16-4-3-7-33(14-16)8-9-36-18-5-6-19-20(15-37-23(19)12-18)17-10-24(35-2)26(25(11-17)38-28(30)31)27(34)32-22-13-21(22)29/h5-6,10-12,15-16,21-22,28H,3-4,7-9,13-14H2,1-2H3,(H,32,34)/t16-,21-,22+/m0/s1. The van der Waals surface area contributed by atoms with Gasteiger partial charge in [0.05, 0.1) is 19.4 Å². The molecule has 10 heteroatoms. The summed E-state index contributed by atoms with van der Waals surface area (Å²) in [5, 5.41) is 3.21. The molecule has 204 valence electrons. The SMILES string of the molecule is COc1cc(-c2coc3cc(OCCN4CCC[C@H](C)C4)ccc23)cc(OC(F)F)c1C(=O)N[C@@H]1C[C@@H]1F. The Bertz CT molecular complexity index is 1300. The van der Waals surface area contributed by atoms with E-state index in [1.54, 1.807) is 12.1 Å². The Morgan fingerprint density at radius 2 is 2.03 bits per heavy atom. The summed E-state index contributed by atoms with van der Waals surface area (Å²) < 4.78 is 61.6. The second kappa shape index (κ2) is 11.1. The van der Waals surface area contributed by atoms with E-state index in [4.69, 9.17) is 13.9 Å². The molecule has 2 fully saturated rings. The molecule has 2 aromatic carbocycles. The molecule has 3 atom stereocenters. The topological polar surface area (TPSA) is 73.2 Å². The highest BCUT2D eigenvalue weighted by molar-refractivity contribution is 6.02. The maximum Gasteiger partial charge on any atom is 0.387 e. The second-order valence-corrected chi connectivity index (χ2v) is 9.97. The number of piperidine rings is 1. The number of amides is 1. The molecule has 2 heterocycles. The van der Waals surface area contributed by atoms with Crippen LogP contribution in [0.5, 0.6) is 17.2 Å². The van der Waals surface area contributed by atoms with Crippen LogP contribution in [0.1, 0.15) is 36.5 Å². The van der Waals surface area contributed by atoms with Gasteiger partial charge in [-0.3, -0.25) is 9.69 Å². The zero-order valence-electron chi connectivity index (χ0n) is 21.3. The van der Waals surface area contributed by atoms with Gasteiger partial charge in [0.2, 0.25) is 0 Å². The molecule has 0 bridgehead atoms. The molecule has 2 aliphatic rings. The highest BCUT2D eigenvalue weighted by Gasteiger charge is 2.40. The largest absolute Gasteiger partial charge is 0.496 e. The summed E-state index contributed by atoms with van der Waals surface area (Å²) in [6.07, 6.45) is 3.01. The van der Waals surface area contributed by atoms with Crippen LogP contribution in [0.25, 0.3) is 22.1 Å². The van der Waals surface area contributed by atoms with Crippen molar-refractivity contribution in [1.29, 1.82) is 0 Å². The van der Waals surface area contributed by atoms with Crippen LogP contribution in [0.2, 0.25) is 0 Å². The molecule has 1 aromatic heterocycles. The molecule has 0 radical (unpaired) electrons. The van der Waals surface area contributed by atoms with E-state index in [1.165, 1.54) is 32.3 Å². The first-order chi connectivity index (χ1) is 18.3. The van der Waals surface area contributed by atoms with Crippen molar-refractivity contribution in [3.8, 4) is 28.4 Å². The number of rotatable bonds is 10. The lowest BCUT2D eigenvalue weighted by Crippen LogP contribution is -2.37. The monoisotopic (exact) mass is 532 g/mol. The van der Waals surface area contributed by atoms with Crippen molar-refractivity contribution in [2.75, 3.05) is 33.4 Å². The number of fused-ring (bicyclic) bond motifs is 1. The summed E-state index contributed by atoms with van der Waals surface area (Å²) in [6.45, 7) is 2.68. The number of carbonyl (C=O) groups excluding carboxylic acids is 1. The van der Waals surface area contributed by atoms with Gasteiger partial charge in [-0.2, -0.15) is 8.78 Å². The van der Waals surface area contributed by atoms with Gasteiger partial charge in [-0.15, -0.1) is 0 Å². The Kier molecular flexibility index (Phi) is 7.69. The number of furan rings is 1. The summed E-state index contributed by atoms with van der Waals surface area (Å²) in [6, 6.07) is 7.68. The Hall–Kier alpha value is -3.40. The quantitative estimate of drug-likeness (QED) is 0.363. The third-order valence-electron chi connectivity index (χ3n) is 7.03. The van der Waals surface area contributed by atoms with E-state index in [9.17, 15) is 18.0 Å². The molecule has 1 saturated heterocycles. The van der Waals surface area contributed by atoms with E-state index in [-0.39, 0.29) is 23.5 Å². The molecule has 0 unspecified atom stereocenters. The van der Waals surface area contributed by atoms with E-state index >= 15 is 0 Å². The first kappa shape index (κ1) is 26.2. The lowest BCUT2D eigenvalue weighted by Gasteiger charge is -2.30. The van der Waals surface area contributed by atoms with Crippen molar-refractivity contribution < 1.29 is 36.6 Å². The van der Waals surface area contributed by atoms with E-state index in [0.717, 1.165) is 25.0 Å². The van der Waals surface area contributed by atoms with Crippen molar-refractivity contribution >= 4 is 16.9 Å². The lowest BCUT2D eigenvalue weighted by atomic mass is 10.0. The predicted octanol–water partition coefficient (Wildman–Crippen LogP) is 5.66. The Balaban J connectivity index is 1.37.